The van der Waals surface area contributed by atoms with E-state index in [4.69, 9.17) is 0 Å². The number of H-pyrrole nitrogens is 1. The van der Waals surface area contributed by atoms with Gasteiger partial charge in [0, 0.05) is 44.8 Å². The van der Waals surface area contributed by atoms with Crippen LogP contribution in [0.5, 0.6) is 0 Å². The number of nitrogens with zero attached hydrogens (tertiary/aromatic N) is 3. The molecule has 0 amide bonds. The summed E-state index contributed by atoms with van der Waals surface area (Å²) in [7, 11) is 1.81. The number of imidazole rings is 1. The number of nitrogens with one attached hydrogen (secondary N) is 3. The fraction of sp³-hybridized carbons (Fsp3) is 0.304. The van der Waals surface area contributed by atoms with E-state index in [-0.39, 0.29) is 24.0 Å². The first-order valence-electron chi connectivity index (χ1n) is 10.3. The Morgan fingerprint density at radius 3 is 2.60 bits per heavy atom. The molecule has 3 N–H and O–H groups in total. The van der Waals surface area contributed by atoms with Crippen molar-refractivity contribution in [2.24, 2.45) is 4.99 Å². The molecule has 0 atom stereocenters. The van der Waals surface area contributed by atoms with Crippen LogP contribution in [-0.2, 0) is 13.0 Å². The maximum atomic E-state index is 4.62. The van der Waals surface area contributed by atoms with Gasteiger partial charge in [0.2, 0.25) is 0 Å². The van der Waals surface area contributed by atoms with Crippen LogP contribution < -0.4 is 10.6 Å². The molecule has 0 radical (unpaired) electrons. The highest BCUT2D eigenvalue weighted by Gasteiger charge is 2.03. The van der Waals surface area contributed by atoms with Gasteiger partial charge in [-0.2, -0.15) is 0 Å². The molecule has 0 saturated carbocycles. The molecular weight excluding hydrogens is 487 g/mol. The van der Waals surface area contributed by atoms with Crippen molar-refractivity contribution in [2.45, 2.75) is 25.8 Å². The van der Waals surface area contributed by atoms with E-state index in [2.05, 4.69) is 72.8 Å². The van der Waals surface area contributed by atoms with Gasteiger partial charge < -0.3 is 20.2 Å². The van der Waals surface area contributed by atoms with Crippen LogP contribution in [0.25, 0.3) is 21.9 Å². The highest BCUT2D eigenvalue weighted by Crippen LogP contribution is 2.15. The Hall–Kier alpha value is -2.55. The molecule has 6 nitrogen and oxygen atoms in total. The molecule has 0 aliphatic carbocycles. The summed E-state index contributed by atoms with van der Waals surface area (Å²) in [5.74, 6) is 1.89. The lowest BCUT2D eigenvalue weighted by Crippen LogP contribution is -2.38. The number of hydrogen-bond acceptors (Lipinski definition) is 2. The first-order chi connectivity index (χ1) is 14.3. The first kappa shape index (κ1) is 22.1. The van der Waals surface area contributed by atoms with E-state index in [1.165, 1.54) is 10.9 Å². The molecule has 0 bridgehead atoms. The zero-order chi connectivity index (χ0) is 19.9. The molecule has 7 heteroatoms. The Morgan fingerprint density at radius 1 is 1.00 bits per heavy atom. The van der Waals surface area contributed by atoms with Gasteiger partial charge in [0.1, 0.15) is 5.82 Å². The fourth-order valence-corrected chi connectivity index (χ4v) is 3.60. The summed E-state index contributed by atoms with van der Waals surface area (Å²) in [4.78, 5) is 12.3. The molecule has 0 fully saturated rings. The Morgan fingerprint density at radius 2 is 1.77 bits per heavy atom. The van der Waals surface area contributed by atoms with E-state index in [9.17, 15) is 0 Å². The molecule has 2 aromatic carbocycles. The summed E-state index contributed by atoms with van der Waals surface area (Å²) < 4.78 is 2.31. The minimum Gasteiger partial charge on any atom is -0.356 e. The van der Waals surface area contributed by atoms with E-state index < -0.39 is 0 Å². The van der Waals surface area contributed by atoms with Crippen LogP contribution >= 0.6 is 24.0 Å². The number of hydrogen-bond donors (Lipinski definition) is 3. The summed E-state index contributed by atoms with van der Waals surface area (Å²) in [5, 5.41) is 8.08. The molecule has 4 rings (SSSR count). The number of guanidine groups is 1. The number of aliphatic imine (C=N–C) groups is 1. The van der Waals surface area contributed by atoms with Crippen LogP contribution in [0.3, 0.4) is 0 Å². The summed E-state index contributed by atoms with van der Waals surface area (Å²) in [6.07, 6.45) is 5.11. The number of benzene rings is 2. The lowest BCUT2D eigenvalue weighted by Gasteiger charge is -2.12. The van der Waals surface area contributed by atoms with Crippen molar-refractivity contribution in [3.05, 3.63) is 66.6 Å². The van der Waals surface area contributed by atoms with E-state index >= 15 is 0 Å². The lowest BCUT2D eigenvalue weighted by molar-refractivity contribution is 0.638. The lowest BCUT2D eigenvalue weighted by atomic mass is 10.2. The number of para-hydroxylation sites is 3. The summed E-state index contributed by atoms with van der Waals surface area (Å²) >= 11 is 0. The van der Waals surface area contributed by atoms with E-state index in [1.807, 2.05) is 25.2 Å². The minimum absolute atomic E-state index is 0. The number of rotatable bonds is 8. The Balaban J connectivity index is 0.00000256. The van der Waals surface area contributed by atoms with Crippen molar-refractivity contribution in [2.75, 3.05) is 20.1 Å². The quantitative estimate of drug-likeness (QED) is 0.141. The summed E-state index contributed by atoms with van der Waals surface area (Å²) in [5.41, 5.74) is 3.42. The van der Waals surface area contributed by atoms with Gasteiger partial charge in [-0.05, 0) is 42.5 Å². The third-order valence-corrected chi connectivity index (χ3v) is 5.09. The SMILES string of the molecule is CN=C(NCCCc1nc2ccccc2[nH]1)NCCCn1ccc2ccccc21.I. The van der Waals surface area contributed by atoms with Crippen molar-refractivity contribution in [3.63, 3.8) is 0 Å². The zero-order valence-corrected chi connectivity index (χ0v) is 19.6. The molecule has 0 unspecified atom stereocenters. The van der Waals surface area contributed by atoms with Gasteiger partial charge in [0.05, 0.1) is 11.0 Å². The molecule has 0 aliphatic heterocycles. The molecule has 0 spiro atoms. The Labute approximate surface area is 194 Å². The fourth-order valence-electron chi connectivity index (χ4n) is 3.60. The highest BCUT2D eigenvalue weighted by molar-refractivity contribution is 14.0. The van der Waals surface area contributed by atoms with Crippen molar-refractivity contribution in [1.29, 1.82) is 0 Å². The second kappa shape index (κ2) is 11.0. The highest BCUT2D eigenvalue weighted by atomic mass is 127. The van der Waals surface area contributed by atoms with Crippen LogP contribution in [-0.4, -0.2) is 40.6 Å². The van der Waals surface area contributed by atoms with Gasteiger partial charge >= 0.3 is 0 Å². The molecular formula is C23H29IN6. The number of halogens is 1. The van der Waals surface area contributed by atoms with Crippen LogP contribution in [0.2, 0.25) is 0 Å². The van der Waals surface area contributed by atoms with E-state index in [1.54, 1.807) is 0 Å². The standard InChI is InChI=1S/C23H28N6.HI/c1-24-23(25-14-6-12-22-27-19-9-3-4-10-20(19)28-22)26-15-7-16-29-17-13-18-8-2-5-11-21(18)29;/h2-5,8-11,13,17H,6-7,12,14-16H2,1H3,(H,27,28)(H2,24,25,26);1H. The number of aromatic amines is 1. The third kappa shape index (κ3) is 5.53. The van der Waals surface area contributed by atoms with Gasteiger partial charge in [-0.3, -0.25) is 4.99 Å². The number of aryl methyl sites for hydroxylation is 2. The predicted octanol–water partition coefficient (Wildman–Crippen LogP) is 4.32. The van der Waals surface area contributed by atoms with E-state index in [0.717, 1.165) is 61.7 Å². The normalized spacial score (nSPS) is 11.6. The van der Waals surface area contributed by atoms with Gasteiger partial charge in [0.25, 0.3) is 0 Å². The van der Waals surface area contributed by atoms with Crippen LogP contribution in [0.15, 0.2) is 65.8 Å². The monoisotopic (exact) mass is 516 g/mol. The average molecular weight is 516 g/mol. The summed E-state index contributed by atoms with van der Waals surface area (Å²) in [6.45, 7) is 2.73. The van der Waals surface area contributed by atoms with Crippen molar-refractivity contribution >= 4 is 51.9 Å². The molecule has 158 valence electrons. The van der Waals surface area contributed by atoms with Crippen molar-refractivity contribution < 1.29 is 0 Å². The molecule has 0 aliphatic rings. The van der Waals surface area contributed by atoms with Gasteiger partial charge in [-0.15, -0.1) is 24.0 Å². The molecule has 30 heavy (non-hydrogen) atoms. The van der Waals surface area contributed by atoms with Crippen LogP contribution in [0, 0.1) is 0 Å². The van der Waals surface area contributed by atoms with Crippen molar-refractivity contribution in [3.8, 4) is 0 Å². The Kier molecular flexibility index (Phi) is 8.12. The minimum atomic E-state index is 0. The number of fused-ring (bicyclic) bond motifs is 2. The smallest absolute Gasteiger partial charge is 0.190 e. The molecule has 4 aromatic rings. The Bertz CT molecular complexity index is 1060. The van der Waals surface area contributed by atoms with E-state index in [0.29, 0.717) is 0 Å². The topological polar surface area (TPSA) is 70.0 Å². The largest absolute Gasteiger partial charge is 0.356 e. The van der Waals surface area contributed by atoms with Gasteiger partial charge in [-0.25, -0.2) is 4.98 Å². The zero-order valence-electron chi connectivity index (χ0n) is 17.3. The van der Waals surface area contributed by atoms with Gasteiger partial charge in [-0.1, -0.05) is 30.3 Å². The molecule has 2 heterocycles. The van der Waals surface area contributed by atoms with Crippen LogP contribution in [0.4, 0.5) is 0 Å². The summed E-state index contributed by atoms with van der Waals surface area (Å²) in [6, 6.07) is 18.8. The second-order valence-corrected chi connectivity index (χ2v) is 7.15. The van der Waals surface area contributed by atoms with Crippen molar-refractivity contribution in [1.82, 2.24) is 25.2 Å². The second-order valence-electron chi connectivity index (χ2n) is 7.15. The van der Waals surface area contributed by atoms with Crippen LogP contribution in [0.1, 0.15) is 18.7 Å². The number of aromatic nitrogens is 3. The third-order valence-electron chi connectivity index (χ3n) is 5.09. The molecule has 2 aromatic heterocycles. The van der Waals surface area contributed by atoms with Gasteiger partial charge in [0.15, 0.2) is 5.96 Å². The average Bonchev–Trinajstić information content (AvgIpc) is 3.36. The predicted molar refractivity (Wildman–Crippen MR) is 136 cm³/mol. The molecule has 0 saturated heterocycles. The maximum Gasteiger partial charge on any atom is 0.190 e. The maximum absolute atomic E-state index is 4.62. The first-order valence-corrected chi connectivity index (χ1v) is 10.3.